The molecule has 0 N–H and O–H groups in total. The number of hydrogen-bond donors (Lipinski definition) is 0. The molecule has 0 aliphatic carbocycles. The van der Waals surface area contributed by atoms with E-state index in [1.54, 1.807) is 0 Å². The van der Waals surface area contributed by atoms with Crippen molar-refractivity contribution in [2.24, 2.45) is 0 Å². The van der Waals surface area contributed by atoms with Gasteiger partial charge >= 0.3 is 0 Å². The highest BCUT2D eigenvalue weighted by molar-refractivity contribution is 6.15. The Morgan fingerprint density at radius 1 is 0.380 bits per heavy atom. The average Bonchev–Trinajstić information content (AvgIpc) is 3.74. The van der Waals surface area contributed by atoms with Crippen molar-refractivity contribution >= 4 is 43.7 Å². The third-order valence-electron chi connectivity index (χ3n) is 9.45. The Morgan fingerprint density at radius 2 is 0.940 bits per heavy atom. The topological polar surface area (TPSA) is 56.7 Å². The Labute approximate surface area is 287 Å². The minimum absolute atomic E-state index is 0.625. The molecule has 10 rings (SSSR count). The Morgan fingerprint density at radius 3 is 1.66 bits per heavy atom. The first-order valence-corrected chi connectivity index (χ1v) is 16.7. The quantitative estimate of drug-likeness (QED) is 0.188. The first kappa shape index (κ1) is 28.2. The van der Waals surface area contributed by atoms with E-state index in [2.05, 4.69) is 102 Å². The van der Waals surface area contributed by atoms with Gasteiger partial charge in [-0.1, -0.05) is 133 Å². The number of fused-ring (bicyclic) bond motifs is 6. The third-order valence-corrected chi connectivity index (χ3v) is 9.45. The van der Waals surface area contributed by atoms with Crippen molar-refractivity contribution in [1.82, 2.24) is 19.5 Å². The van der Waals surface area contributed by atoms with Crippen LogP contribution in [0.1, 0.15) is 0 Å². The Balaban J connectivity index is 1.22. The second-order valence-electron chi connectivity index (χ2n) is 12.5. The maximum absolute atomic E-state index is 6.32. The molecular weight excluding hydrogens is 613 g/mol. The van der Waals surface area contributed by atoms with Crippen LogP contribution in [0.4, 0.5) is 0 Å². The van der Waals surface area contributed by atoms with E-state index in [4.69, 9.17) is 19.4 Å². The predicted octanol–water partition coefficient (Wildman–Crippen LogP) is 11.5. The van der Waals surface area contributed by atoms with Crippen molar-refractivity contribution < 1.29 is 4.42 Å². The van der Waals surface area contributed by atoms with E-state index in [0.29, 0.717) is 17.5 Å². The normalized spacial score (nSPS) is 11.6. The maximum atomic E-state index is 6.32. The second-order valence-corrected chi connectivity index (χ2v) is 12.5. The van der Waals surface area contributed by atoms with Crippen LogP contribution >= 0.6 is 0 Å². The van der Waals surface area contributed by atoms with Crippen molar-refractivity contribution in [3.8, 4) is 51.0 Å². The Bertz CT molecular complexity index is 2800. The lowest BCUT2D eigenvalue weighted by atomic mass is 10.0. The van der Waals surface area contributed by atoms with Gasteiger partial charge in [0.15, 0.2) is 17.5 Å². The third kappa shape index (κ3) is 4.60. The zero-order chi connectivity index (χ0) is 33.0. The summed E-state index contributed by atoms with van der Waals surface area (Å²) in [4.78, 5) is 15.0. The fourth-order valence-corrected chi connectivity index (χ4v) is 7.12. The summed E-state index contributed by atoms with van der Waals surface area (Å²) < 4.78 is 8.69. The van der Waals surface area contributed by atoms with Gasteiger partial charge in [0.1, 0.15) is 11.2 Å². The predicted molar refractivity (Wildman–Crippen MR) is 203 cm³/mol. The standard InChI is InChI=1S/C45H28N4O/c1-4-13-29(14-5-1)43-46-44(30-15-6-2-7-16-30)48-45(47-43)32-24-25-35-38-21-12-20-34(42(38)49(39(35)27-32)33-17-8-3-9-18-33)31-23-26-37-36-19-10-11-22-40(36)50-41(37)28-31/h1-28H. The van der Waals surface area contributed by atoms with Crippen LogP contribution in [0.25, 0.3) is 94.7 Å². The number of furan rings is 1. The van der Waals surface area contributed by atoms with Crippen LogP contribution in [0.2, 0.25) is 0 Å². The van der Waals surface area contributed by atoms with Gasteiger partial charge in [-0.25, -0.2) is 15.0 Å². The van der Waals surface area contributed by atoms with Gasteiger partial charge in [-0.3, -0.25) is 0 Å². The molecule has 5 heteroatoms. The van der Waals surface area contributed by atoms with Crippen LogP contribution in [0.15, 0.2) is 174 Å². The maximum Gasteiger partial charge on any atom is 0.164 e. The molecule has 0 amide bonds. The molecular formula is C45H28N4O. The fourth-order valence-electron chi connectivity index (χ4n) is 7.12. The van der Waals surface area contributed by atoms with E-state index in [0.717, 1.165) is 71.9 Å². The molecule has 0 saturated carbocycles. The molecule has 50 heavy (non-hydrogen) atoms. The van der Waals surface area contributed by atoms with Crippen molar-refractivity contribution in [2.75, 3.05) is 0 Å². The molecule has 5 nitrogen and oxygen atoms in total. The highest BCUT2D eigenvalue weighted by Crippen LogP contribution is 2.41. The highest BCUT2D eigenvalue weighted by Gasteiger charge is 2.20. The van der Waals surface area contributed by atoms with Crippen molar-refractivity contribution in [1.29, 1.82) is 0 Å². The van der Waals surface area contributed by atoms with Crippen LogP contribution in [-0.2, 0) is 0 Å². The molecule has 0 radical (unpaired) electrons. The number of aromatic nitrogens is 4. The van der Waals surface area contributed by atoms with E-state index < -0.39 is 0 Å². The molecule has 3 heterocycles. The fraction of sp³-hybridized carbons (Fsp3) is 0. The molecule has 0 aliphatic heterocycles. The monoisotopic (exact) mass is 640 g/mol. The summed E-state index contributed by atoms with van der Waals surface area (Å²) in [6.07, 6.45) is 0. The molecule has 0 unspecified atom stereocenters. The van der Waals surface area contributed by atoms with Crippen LogP contribution in [0.3, 0.4) is 0 Å². The largest absolute Gasteiger partial charge is 0.456 e. The molecule has 3 aromatic heterocycles. The smallest absolute Gasteiger partial charge is 0.164 e. The van der Waals surface area contributed by atoms with E-state index >= 15 is 0 Å². The minimum atomic E-state index is 0.625. The molecule has 10 aromatic rings. The van der Waals surface area contributed by atoms with Gasteiger partial charge in [0.2, 0.25) is 0 Å². The van der Waals surface area contributed by atoms with E-state index in [-0.39, 0.29) is 0 Å². The zero-order valence-electron chi connectivity index (χ0n) is 26.9. The summed E-state index contributed by atoms with van der Waals surface area (Å²) in [7, 11) is 0. The van der Waals surface area contributed by atoms with Gasteiger partial charge in [0.25, 0.3) is 0 Å². The zero-order valence-corrected chi connectivity index (χ0v) is 26.9. The first-order valence-electron chi connectivity index (χ1n) is 16.7. The van der Waals surface area contributed by atoms with Crippen molar-refractivity contribution in [2.45, 2.75) is 0 Å². The van der Waals surface area contributed by atoms with Gasteiger partial charge in [-0.15, -0.1) is 0 Å². The van der Waals surface area contributed by atoms with Crippen LogP contribution in [-0.4, -0.2) is 19.5 Å². The minimum Gasteiger partial charge on any atom is -0.456 e. The van der Waals surface area contributed by atoms with Crippen LogP contribution in [0, 0.1) is 0 Å². The molecule has 7 aromatic carbocycles. The highest BCUT2D eigenvalue weighted by atomic mass is 16.3. The number of rotatable bonds is 5. The lowest BCUT2D eigenvalue weighted by Crippen LogP contribution is -2.00. The number of para-hydroxylation sites is 3. The van der Waals surface area contributed by atoms with Gasteiger partial charge in [-0.2, -0.15) is 0 Å². The molecule has 0 fully saturated rings. The average molecular weight is 641 g/mol. The van der Waals surface area contributed by atoms with Gasteiger partial charge in [0, 0.05) is 49.5 Å². The van der Waals surface area contributed by atoms with Gasteiger partial charge < -0.3 is 8.98 Å². The lowest BCUT2D eigenvalue weighted by Gasteiger charge is -2.12. The van der Waals surface area contributed by atoms with Crippen LogP contribution < -0.4 is 0 Å². The van der Waals surface area contributed by atoms with E-state index in [9.17, 15) is 0 Å². The second kappa shape index (κ2) is 11.4. The summed E-state index contributed by atoms with van der Waals surface area (Å²) in [5, 5.41) is 4.57. The Hall–Kier alpha value is -6.85. The number of hydrogen-bond acceptors (Lipinski definition) is 4. The van der Waals surface area contributed by atoms with E-state index in [1.807, 2.05) is 72.8 Å². The number of nitrogens with zero attached hydrogens (tertiary/aromatic N) is 4. The van der Waals surface area contributed by atoms with Crippen LogP contribution in [0.5, 0.6) is 0 Å². The molecule has 0 atom stereocenters. The molecule has 234 valence electrons. The number of benzene rings is 7. The molecule has 0 spiro atoms. The summed E-state index contributed by atoms with van der Waals surface area (Å²) in [6.45, 7) is 0. The van der Waals surface area contributed by atoms with Gasteiger partial charge in [-0.05, 0) is 42.0 Å². The molecule has 0 aliphatic rings. The van der Waals surface area contributed by atoms with Crippen molar-refractivity contribution in [3.63, 3.8) is 0 Å². The summed E-state index contributed by atoms with van der Waals surface area (Å²) in [5.41, 5.74) is 10.1. The SMILES string of the molecule is c1ccc(-c2nc(-c3ccccc3)nc(-c3ccc4c5cccc(-c6ccc7c(c6)oc6ccccc67)c5n(-c5ccccc5)c4c3)n2)cc1. The van der Waals surface area contributed by atoms with Gasteiger partial charge in [0.05, 0.1) is 11.0 Å². The van der Waals surface area contributed by atoms with E-state index in [1.165, 1.54) is 5.39 Å². The summed E-state index contributed by atoms with van der Waals surface area (Å²) in [5.74, 6) is 1.91. The molecule has 0 saturated heterocycles. The molecule has 0 bridgehead atoms. The Kier molecular flexibility index (Phi) is 6.42. The lowest BCUT2D eigenvalue weighted by molar-refractivity contribution is 0.669. The first-order chi connectivity index (χ1) is 24.8. The summed E-state index contributed by atoms with van der Waals surface area (Å²) >= 11 is 0. The summed E-state index contributed by atoms with van der Waals surface area (Å²) in [6, 6.07) is 58.6. The van der Waals surface area contributed by atoms with Crippen molar-refractivity contribution in [3.05, 3.63) is 170 Å².